The first-order valence-electron chi connectivity index (χ1n) is 21.9. The number of anilines is 1. The van der Waals surface area contributed by atoms with Gasteiger partial charge in [0.05, 0.1) is 22.6 Å². The van der Waals surface area contributed by atoms with Crippen molar-refractivity contribution in [3.05, 3.63) is 102 Å². The summed E-state index contributed by atoms with van der Waals surface area (Å²) in [4.78, 5) is 93.7. The molecule has 6 amide bonds. The monoisotopic (exact) mass is 896 g/mol. The van der Waals surface area contributed by atoms with Crippen LogP contribution >= 0.6 is 11.8 Å². The third-order valence-corrected chi connectivity index (χ3v) is 13.4. The van der Waals surface area contributed by atoms with Crippen LogP contribution in [0, 0.1) is 0 Å². The van der Waals surface area contributed by atoms with E-state index < -0.39 is 29.7 Å². The molecule has 17 nitrogen and oxygen atoms in total. The number of aromatic nitrogens is 4. The number of carbonyl (C=O) groups excluding carboxylic acids is 6. The van der Waals surface area contributed by atoms with E-state index in [9.17, 15) is 28.8 Å². The SMILES string of the molecule is Nc1ncnc2c1c(-c1ccc(Oc3ccccc3)cc1)nn2C1CCCN(C(=O)/C=C/CN2CCN(C(=O)CCCSc3cccc4c3C(=O)N(C3CCC(=O)NC3=O)C4=O)CC2)C1. The Morgan fingerprint density at radius 2 is 1.65 bits per heavy atom. The fourth-order valence-corrected chi connectivity index (χ4v) is 9.89. The number of amides is 6. The number of fused-ring (bicyclic) bond motifs is 2. The number of imide groups is 2. The normalized spacial score (nSPS) is 19.3. The van der Waals surface area contributed by atoms with Crippen molar-refractivity contribution in [1.29, 1.82) is 0 Å². The van der Waals surface area contributed by atoms with Gasteiger partial charge < -0.3 is 20.3 Å². The molecular weight excluding hydrogens is 849 g/mol. The lowest BCUT2D eigenvalue weighted by Crippen LogP contribution is -2.54. The van der Waals surface area contributed by atoms with Gasteiger partial charge >= 0.3 is 0 Å². The van der Waals surface area contributed by atoms with E-state index in [1.54, 1.807) is 24.3 Å². The highest BCUT2D eigenvalue weighted by Crippen LogP contribution is 2.37. The standard InChI is InChI=1S/C47H48N10O7S/c48-43-41-42(30-15-17-33(18-16-30)64-32-9-2-1-3-10-32)52-57(44(41)50-29-49-43)31-8-5-22-55(28-31)39(60)13-6-21-53-23-25-54(26-24-53)38(59)14-7-27-65-36-12-4-11-34-40(36)47(63)56(46(34)62)35-19-20-37(58)51-45(35)61/h1-4,6,9-13,15-18,29,31,35H,5,7-8,14,19-28H2,(H2,48,49,50)(H,51,58,61)/b13-6+. The second kappa shape index (κ2) is 19.0. The van der Waals surface area contributed by atoms with Crippen LogP contribution in [-0.4, -0.2) is 132 Å². The summed E-state index contributed by atoms with van der Waals surface area (Å²) in [5.41, 5.74) is 9.05. The number of piperidine rings is 2. The predicted octanol–water partition coefficient (Wildman–Crippen LogP) is 4.71. The molecule has 9 rings (SSSR count). The van der Waals surface area contributed by atoms with Crippen molar-refractivity contribution in [3.63, 3.8) is 0 Å². The zero-order valence-electron chi connectivity index (χ0n) is 35.6. The van der Waals surface area contributed by atoms with E-state index in [1.165, 1.54) is 18.1 Å². The number of nitrogens with one attached hydrogen (secondary N) is 1. The van der Waals surface area contributed by atoms with Gasteiger partial charge in [0.15, 0.2) is 5.65 Å². The molecule has 3 fully saturated rings. The van der Waals surface area contributed by atoms with Crippen LogP contribution in [0.1, 0.15) is 65.3 Å². The summed E-state index contributed by atoms with van der Waals surface area (Å²) in [6, 6.07) is 21.1. The number of rotatable bonds is 13. The highest BCUT2D eigenvalue weighted by molar-refractivity contribution is 7.99. The highest BCUT2D eigenvalue weighted by Gasteiger charge is 2.45. The van der Waals surface area contributed by atoms with Gasteiger partial charge in [-0.1, -0.05) is 30.3 Å². The summed E-state index contributed by atoms with van der Waals surface area (Å²) >= 11 is 1.40. The number of thioether (sulfide) groups is 1. The molecule has 5 aromatic rings. The van der Waals surface area contributed by atoms with Gasteiger partial charge in [0, 0.05) is 75.2 Å². The number of carbonyl (C=O) groups is 6. The van der Waals surface area contributed by atoms with Crippen LogP contribution in [0.4, 0.5) is 5.82 Å². The van der Waals surface area contributed by atoms with Crippen molar-refractivity contribution in [2.45, 2.75) is 55.5 Å². The topological polar surface area (TPSA) is 206 Å². The van der Waals surface area contributed by atoms with Crippen LogP contribution in [0.3, 0.4) is 0 Å². The van der Waals surface area contributed by atoms with Crippen molar-refractivity contribution in [2.24, 2.45) is 0 Å². The third kappa shape index (κ3) is 9.22. The lowest BCUT2D eigenvalue weighted by atomic mass is 10.0. The van der Waals surface area contributed by atoms with Gasteiger partial charge in [-0.25, -0.2) is 14.6 Å². The molecule has 334 valence electrons. The van der Waals surface area contributed by atoms with Crippen LogP contribution in [0.5, 0.6) is 11.5 Å². The highest BCUT2D eigenvalue weighted by atomic mass is 32.2. The van der Waals surface area contributed by atoms with E-state index in [4.69, 9.17) is 15.6 Å². The molecular formula is C47H48N10O7S. The molecule has 0 radical (unpaired) electrons. The summed E-state index contributed by atoms with van der Waals surface area (Å²) in [5, 5.41) is 7.91. The first kappa shape index (κ1) is 43.3. The van der Waals surface area contributed by atoms with Gasteiger partial charge in [-0.3, -0.25) is 43.9 Å². The lowest BCUT2D eigenvalue weighted by Gasteiger charge is -2.34. The third-order valence-electron chi connectivity index (χ3n) is 12.3. The lowest BCUT2D eigenvalue weighted by molar-refractivity contribution is -0.136. The summed E-state index contributed by atoms with van der Waals surface area (Å²) in [6.45, 7) is 4.23. The Morgan fingerprint density at radius 3 is 2.43 bits per heavy atom. The number of hydrogen-bond donors (Lipinski definition) is 2. The average Bonchev–Trinajstić information content (AvgIpc) is 3.84. The molecule has 2 unspecified atom stereocenters. The number of nitrogens with zero attached hydrogens (tertiary/aromatic N) is 8. The summed E-state index contributed by atoms with van der Waals surface area (Å²) in [5.74, 6) is 0.170. The van der Waals surface area contributed by atoms with Crippen LogP contribution in [-0.2, 0) is 19.2 Å². The van der Waals surface area contributed by atoms with E-state index in [1.807, 2.05) is 75.2 Å². The van der Waals surface area contributed by atoms with Crippen LogP contribution in [0.15, 0.2) is 96.2 Å². The van der Waals surface area contributed by atoms with E-state index in [-0.39, 0.29) is 41.8 Å². The van der Waals surface area contributed by atoms with Crippen molar-refractivity contribution in [1.82, 2.24) is 44.7 Å². The maximum Gasteiger partial charge on any atom is 0.263 e. The van der Waals surface area contributed by atoms with Gasteiger partial charge in [-0.2, -0.15) is 5.10 Å². The summed E-state index contributed by atoms with van der Waals surface area (Å²) < 4.78 is 7.87. The molecule has 2 aromatic heterocycles. The molecule has 65 heavy (non-hydrogen) atoms. The van der Waals surface area contributed by atoms with Crippen molar-refractivity contribution in [2.75, 3.05) is 57.3 Å². The minimum absolute atomic E-state index is 0.0556. The zero-order chi connectivity index (χ0) is 45.0. The van der Waals surface area contributed by atoms with Crippen molar-refractivity contribution < 1.29 is 33.5 Å². The van der Waals surface area contributed by atoms with Gasteiger partial charge in [0.2, 0.25) is 23.6 Å². The van der Waals surface area contributed by atoms with Crippen molar-refractivity contribution in [3.8, 4) is 22.8 Å². The molecule has 4 aliphatic rings. The van der Waals surface area contributed by atoms with Gasteiger partial charge in [-0.15, -0.1) is 11.8 Å². The molecule has 3 saturated heterocycles. The van der Waals surface area contributed by atoms with Crippen LogP contribution in [0.25, 0.3) is 22.3 Å². The number of likely N-dealkylation sites (tertiary alicyclic amines) is 1. The van der Waals surface area contributed by atoms with Crippen LogP contribution in [0.2, 0.25) is 0 Å². The quantitative estimate of drug-likeness (QED) is 0.0712. The number of benzene rings is 3. The zero-order valence-corrected chi connectivity index (χ0v) is 36.5. The summed E-state index contributed by atoms with van der Waals surface area (Å²) in [7, 11) is 0. The first-order chi connectivity index (χ1) is 31.6. The van der Waals surface area contributed by atoms with E-state index in [0.717, 1.165) is 29.1 Å². The smallest absolute Gasteiger partial charge is 0.263 e. The number of para-hydroxylation sites is 1. The molecule has 4 aliphatic heterocycles. The number of ether oxygens (including phenoxy) is 1. The molecule has 2 atom stereocenters. The van der Waals surface area contributed by atoms with Gasteiger partial charge in [0.1, 0.15) is 35.4 Å². The van der Waals surface area contributed by atoms with Gasteiger partial charge in [-0.05, 0) is 80.0 Å². The largest absolute Gasteiger partial charge is 0.457 e. The molecule has 3 aromatic carbocycles. The van der Waals surface area contributed by atoms with E-state index >= 15 is 0 Å². The Balaban J connectivity index is 0.733. The molecule has 0 aliphatic carbocycles. The number of hydrogen-bond acceptors (Lipinski definition) is 13. The van der Waals surface area contributed by atoms with E-state index in [2.05, 4.69) is 20.2 Å². The first-order valence-corrected chi connectivity index (χ1v) is 22.9. The maximum atomic E-state index is 13.5. The molecule has 0 bridgehead atoms. The predicted molar refractivity (Wildman–Crippen MR) is 242 cm³/mol. The van der Waals surface area contributed by atoms with Crippen LogP contribution < -0.4 is 15.8 Å². The second-order valence-electron chi connectivity index (χ2n) is 16.4. The van der Waals surface area contributed by atoms with E-state index in [0.29, 0.717) is 97.6 Å². The minimum atomic E-state index is -1.02. The molecule has 0 saturated carbocycles. The molecule has 6 heterocycles. The Bertz CT molecular complexity index is 2680. The number of nitrogens with two attached hydrogens (primary N) is 1. The maximum absolute atomic E-state index is 13.5. The Labute approximate surface area is 379 Å². The fourth-order valence-electron chi connectivity index (χ4n) is 8.87. The Hall–Kier alpha value is -6.92. The number of nitrogen functional groups attached to an aromatic ring is 1. The van der Waals surface area contributed by atoms with Gasteiger partial charge in [0.25, 0.3) is 11.8 Å². The Kier molecular flexibility index (Phi) is 12.7. The molecule has 3 N–H and O–H groups in total. The fraction of sp³-hybridized carbons (Fsp3) is 0.340. The molecule has 18 heteroatoms. The second-order valence-corrected chi connectivity index (χ2v) is 17.6. The number of piperazine rings is 1. The van der Waals surface area contributed by atoms with Crippen molar-refractivity contribution >= 4 is 64.1 Å². The summed E-state index contributed by atoms with van der Waals surface area (Å²) in [6.07, 6.45) is 7.68. The average molecular weight is 897 g/mol. The minimum Gasteiger partial charge on any atom is -0.457 e. The Morgan fingerprint density at radius 1 is 0.862 bits per heavy atom. The molecule has 0 spiro atoms.